The van der Waals surface area contributed by atoms with E-state index in [0.29, 0.717) is 18.2 Å². The van der Waals surface area contributed by atoms with Crippen molar-refractivity contribution in [2.45, 2.75) is 37.5 Å². The number of piperidine rings is 1. The number of thioether (sulfide) groups is 1. The first kappa shape index (κ1) is 17.6. The number of morpholine rings is 1. The molecule has 0 spiro atoms. The second-order valence-electron chi connectivity index (χ2n) is 6.57. The van der Waals surface area contributed by atoms with Gasteiger partial charge in [0.25, 0.3) is 0 Å². The molecule has 1 aromatic carbocycles. The number of hydrogen-bond acceptors (Lipinski definition) is 4. The summed E-state index contributed by atoms with van der Waals surface area (Å²) in [5.74, 6) is 1.09. The highest BCUT2D eigenvalue weighted by Gasteiger charge is 2.34. The highest BCUT2D eigenvalue weighted by atomic mass is 35.5. The summed E-state index contributed by atoms with van der Waals surface area (Å²) in [6.07, 6.45) is 6.10. The fourth-order valence-corrected chi connectivity index (χ4v) is 4.42. The van der Waals surface area contributed by atoms with Crippen LogP contribution in [0.15, 0.2) is 24.3 Å². The lowest BCUT2D eigenvalue weighted by molar-refractivity contribution is -0.0733. The summed E-state index contributed by atoms with van der Waals surface area (Å²) in [6.45, 7) is 4.20. The van der Waals surface area contributed by atoms with E-state index in [4.69, 9.17) is 16.3 Å². The quantitative estimate of drug-likeness (QED) is 0.878. The number of hydrogen-bond donors (Lipinski definition) is 1. The molecule has 0 radical (unpaired) electrons. The van der Waals surface area contributed by atoms with E-state index in [1.807, 2.05) is 23.9 Å². The molecule has 23 heavy (non-hydrogen) atoms. The van der Waals surface area contributed by atoms with Crippen LogP contribution in [0.2, 0.25) is 5.02 Å². The molecule has 2 atom stereocenters. The summed E-state index contributed by atoms with van der Waals surface area (Å²) in [6, 6.07) is 9.46. The molecule has 3 rings (SSSR count). The molecule has 1 aromatic rings. The molecular formula is C18H27ClN2OS. The Balaban J connectivity index is 1.68. The van der Waals surface area contributed by atoms with Crippen molar-refractivity contribution in [3.8, 4) is 0 Å². The number of rotatable bonds is 5. The molecule has 2 aliphatic heterocycles. The molecule has 2 aliphatic rings. The van der Waals surface area contributed by atoms with Gasteiger partial charge in [-0.25, -0.2) is 0 Å². The molecular weight excluding hydrogens is 328 g/mol. The van der Waals surface area contributed by atoms with Crippen LogP contribution in [0.3, 0.4) is 0 Å². The third-order valence-electron chi connectivity index (χ3n) is 4.92. The summed E-state index contributed by atoms with van der Waals surface area (Å²) in [7, 11) is 0. The lowest BCUT2D eigenvalue weighted by Crippen LogP contribution is -2.57. The average Bonchev–Trinajstić information content (AvgIpc) is 2.59. The maximum absolute atomic E-state index is 6.14. The van der Waals surface area contributed by atoms with E-state index in [9.17, 15) is 0 Å². The van der Waals surface area contributed by atoms with Gasteiger partial charge in [-0.1, -0.05) is 23.7 Å². The Morgan fingerprint density at radius 3 is 2.70 bits per heavy atom. The van der Waals surface area contributed by atoms with Gasteiger partial charge in [-0.3, -0.25) is 4.90 Å². The van der Waals surface area contributed by atoms with Crippen molar-refractivity contribution in [3.05, 3.63) is 34.9 Å². The Kier molecular flexibility index (Phi) is 6.66. The second-order valence-corrected chi connectivity index (χ2v) is 7.92. The Morgan fingerprint density at radius 2 is 2.00 bits per heavy atom. The maximum Gasteiger partial charge on any atom is 0.0793 e. The molecule has 2 saturated heterocycles. The van der Waals surface area contributed by atoms with Gasteiger partial charge in [0.05, 0.1) is 12.7 Å². The molecule has 0 unspecified atom stereocenters. The minimum atomic E-state index is 0.376. The van der Waals surface area contributed by atoms with Crippen LogP contribution in [0.25, 0.3) is 0 Å². The zero-order valence-electron chi connectivity index (χ0n) is 13.8. The zero-order valence-corrected chi connectivity index (χ0v) is 15.4. The van der Waals surface area contributed by atoms with Crippen LogP contribution in [-0.2, 0) is 11.2 Å². The van der Waals surface area contributed by atoms with Crippen LogP contribution in [0.4, 0.5) is 0 Å². The summed E-state index contributed by atoms with van der Waals surface area (Å²) >= 11 is 7.90. The molecule has 0 saturated carbocycles. The standard InChI is InChI=1S/C18H27ClN2OS/c1-23-13-18-11-21(16-6-8-20-9-7-16)17(12-22-18)10-14-2-4-15(19)5-3-14/h2-5,16-18,20H,6-13H2,1H3/t17-,18+/m0/s1. The fraction of sp³-hybridized carbons (Fsp3) is 0.667. The van der Waals surface area contributed by atoms with E-state index in [-0.39, 0.29) is 0 Å². The van der Waals surface area contributed by atoms with Crippen molar-refractivity contribution in [3.63, 3.8) is 0 Å². The van der Waals surface area contributed by atoms with Crippen LogP contribution in [0.5, 0.6) is 0 Å². The molecule has 2 heterocycles. The zero-order chi connectivity index (χ0) is 16.1. The Bertz CT molecular complexity index is 478. The third-order valence-corrected chi connectivity index (χ3v) is 5.88. The molecule has 0 bridgehead atoms. The predicted molar refractivity (Wildman–Crippen MR) is 99.7 cm³/mol. The second kappa shape index (κ2) is 8.72. The molecule has 128 valence electrons. The van der Waals surface area contributed by atoms with Gasteiger partial charge in [0.1, 0.15) is 0 Å². The normalized spacial score (nSPS) is 27.2. The number of ether oxygens (including phenoxy) is 1. The van der Waals surface area contributed by atoms with E-state index in [2.05, 4.69) is 28.6 Å². The van der Waals surface area contributed by atoms with Crippen LogP contribution < -0.4 is 5.32 Å². The number of benzene rings is 1. The van der Waals surface area contributed by atoms with Gasteiger partial charge in [-0.2, -0.15) is 11.8 Å². The molecule has 0 amide bonds. The summed E-state index contributed by atoms with van der Waals surface area (Å²) in [4.78, 5) is 2.74. The summed E-state index contributed by atoms with van der Waals surface area (Å²) < 4.78 is 6.14. The highest BCUT2D eigenvalue weighted by Crippen LogP contribution is 2.24. The van der Waals surface area contributed by atoms with Crippen molar-refractivity contribution in [2.24, 2.45) is 0 Å². The molecule has 2 fully saturated rings. The molecule has 0 aromatic heterocycles. The predicted octanol–water partition coefficient (Wildman–Crippen LogP) is 3.07. The monoisotopic (exact) mass is 354 g/mol. The largest absolute Gasteiger partial charge is 0.374 e. The van der Waals surface area contributed by atoms with Gasteiger partial charge in [0, 0.05) is 29.4 Å². The van der Waals surface area contributed by atoms with Crippen molar-refractivity contribution in [1.82, 2.24) is 10.2 Å². The lowest BCUT2D eigenvalue weighted by Gasteiger charge is -2.45. The smallest absolute Gasteiger partial charge is 0.0793 e. The van der Waals surface area contributed by atoms with Crippen LogP contribution in [-0.4, -0.2) is 61.3 Å². The Morgan fingerprint density at radius 1 is 1.26 bits per heavy atom. The van der Waals surface area contributed by atoms with Gasteiger partial charge in [-0.05, 0) is 56.3 Å². The average molecular weight is 355 g/mol. The van der Waals surface area contributed by atoms with Gasteiger partial charge < -0.3 is 10.1 Å². The van der Waals surface area contributed by atoms with Gasteiger partial charge in [0.15, 0.2) is 0 Å². The van der Waals surface area contributed by atoms with E-state index >= 15 is 0 Å². The minimum Gasteiger partial charge on any atom is -0.374 e. The van der Waals surface area contributed by atoms with E-state index < -0.39 is 0 Å². The number of nitrogens with one attached hydrogen (secondary N) is 1. The van der Waals surface area contributed by atoms with Crippen molar-refractivity contribution in [1.29, 1.82) is 0 Å². The fourth-order valence-electron chi connectivity index (χ4n) is 3.72. The first-order valence-corrected chi connectivity index (χ1v) is 10.3. The minimum absolute atomic E-state index is 0.376. The van der Waals surface area contributed by atoms with Crippen LogP contribution >= 0.6 is 23.4 Å². The van der Waals surface area contributed by atoms with Crippen molar-refractivity contribution in [2.75, 3.05) is 38.2 Å². The topological polar surface area (TPSA) is 24.5 Å². The molecule has 0 aliphatic carbocycles. The first-order chi connectivity index (χ1) is 11.3. The maximum atomic E-state index is 6.14. The SMILES string of the molecule is CSC[C@H]1CN(C2CCNCC2)[C@@H](Cc2ccc(Cl)cc2)CO1. The van der Waals surface area contributed by atoms with E-state index in [1.54, 1.807) is 0 Å². The van der Waals surface area contributed by atoms with Crippen LogP contribution in [0.1, 0.15) is 18.4 Å². The number of nitrogens with zero attached hydrogens (tertiary/aromatic N) is 1. The molecule has 5 heteroatoms. The van der Waals surface area contributed by atoms with E-state index in [1.165, 1.54) is 18.4 Å². The van der Waals surface area contributed by atoms with Gasteiger partial charge in [0.2, 0.25) is 0 Å². The number of halogens is 1. The van der Waals surface area contributed by atoms with Crippen LogP contribution in [0, 0.1) is 0 Å². The first-order valence-electron chi connectivity index (χ1n) is 8.57. The van der Waals surface area contributed by atoms with Gasteiger partial charge >= 0.3 is 0 Å². The van der Waals surface area contributed by atoms with Crippen molar-refractivity contribution < 1.29 is 4.74 Å². The lowest BCUT2D eigenvalue weighted by atomic mass is 9.97. The van der Waals surface area contributed by atoms with Gasteiger partial charge in [-0.15, -0.1) is 0 Å². The highest BCUT2D eigenvalue weighted by molar-refractivity contribution is 7.98. The van der Waals surface area contributed by atoms with E-state index in [0.717, 1.165) is 43.4 Å². The Hall–Kier alpha value is -0.260. The summed E-state index contributed by atoms with van der Waals surface area (Å²) in [5, 5.41) is 4.29. The van der Waals surface area contributed by atoms with Crippen molar-refractivity contribution >= 4 is 23.4 Å². The third kappa shape index (κ3) is 4.86. The molecule has 3 nitrogen and oxygen atoms in total. The summed E-state index contributed by atoms with van der Waals surface area (Å²) in [5.41, 5.74) is 1.35. The Labute approximate surface area is 149 Å². The molecule has 1 N–H and O–H groups in total.